The van der Waals surface area contributed by atoms with E-state index in [-0.39, 0.29) is 0 Å². The molecule has 16 heavy (non-hydrogen) atoms. The van der Waals surface area contributed by atoms with E-state index in [1.807, 2.05) is 11.8 Å². The molecule has 1 aliphatic rings. The molecule has 0 spiro atoms. The van der Waals surface area contributed by atoms with Crippen molar-refractivity contribution in [2.24, 2.45) is 0 Å². The van der Waals surface area contributed by atoms with Crippen LogP contribution in [0.4, 0.5) is 5.13 Å². The van der Waals surface area contributed by atoms with Crippen LogP contribution in [0.5, 0.6) is 0 Å². The minimum absolute atomic E-state index is 0.699. The summed E-state index contributed by atoms with van der Waals surface area (Å²) in [5.74, 6) is 0. The molecule has 6 heteroatoms. The molecule has 0 atom stereocenters. The van der Waals surface area contributed by atoms with Crippen LogP contribution in [0.15, 0.2) is 4.34 Å². The van der Waals surface area contributed by atoms with Gasteiger partial charge in [-0.15, -0.1) is 10.2 Å². The zero-order chi connectivity index (χ0) is 11.2. The second-order valence-electron chi connectivity index (χ2n) is 3.82. The van der Waals surface area contributed by atoms with Crippen molar-refractivity contribution in [2.45, 2.75) is 35.3 Å². The van der Waals surface area contributed by atoms with Crippen LogP contribution in [-0.4, -0.2) is 35.7 Å². The monoisotopic (exact) mass is 259 g/mol. The number of aromatic nitrogens is 2. The van der Waals surface area contributed by atoms with Crippen LogP contribution in [0.25, 0.3) is 0 Å². The van der Waals surface area contributed by atoms with Crippen molar-refractivity contribution in [3.63, 3.8) is 0 Å². The topological polar surface area (TPSA) is 47.0 Å². The molecule has 0 radical (unpaired) electrons. The Balaban J connectivity index is 1.77. The van der Waals surface area contributed by atoms with E-state index in [0.29, 0.717) is 6.61 Å². The summed E-state index contributed by atoms with van der Waals surface area (Å²) in [7, 11) is 1.70. The summed E-state index contributed by atoms with van der Waals surface area (Å²) in [6.07, 6.45) is 5.40. The molecule has 1 aliphatic carbocycles. The van der Waals surface area contributed by atoms with E-state index in [1.54, 1.807) is 18.4 Å². The van der Waals surface area contributed by atoms with Crippen molar-refractivity contribution in [2.75, 3.05) is 25.6 Å². The normalized spacial score (nSPS) is 16.8. The summed E-state index contributed by atoms with van der Waals surface area (Å²) in [5.41, 5.74) is 0. The Morgan fingerprint density at radius 2 is 2.25 bits per heavy atom. The Bertz CT molecular complexity index is 313. The molecule has 1 fully saturated rings. The van der Waals surface area contributed by atoms with Crippen molar-refractivity contribution in [1.82, 2.24) is 10.2 Å². The van der Waals surface area contributed by atoms with Crippen molar-refractivity contribution >= 4 is 28.2 Å². The number of hydrogen-bond donors (Lipinski definition) is 1. The zero-order valence-electron chi connectivity index (χ0n) is 9.44. The van der Waals surface area contributed by atoms with Gasteiger partial charge in [-0.3, -0.25) is 0 Å². The minimum Gasteiger partial charge on any atom is -0.383 e. The SMILES string of the molecule is COCCNc1nnc(SC2CCCC2)s1. The molecule has 0 aromatic carbocycles. The van der Waals surface area contributed by atoms with Gasteiger partial charge in [0.05, 0.1) is 6.61 Å². The molecule has 0 amide bonds. The average Bonchev–Trinajstić information content (AvgIpc) is 2.91. The van der Waals surface area contributed by atoms with Gasteiger partial charge in [0.2, 0.25) is 5.13 Å². The van der Waals surface area contributed by atoms with Gasteiger partial charge < -0.3 is 10.1 Å². The van der Waals surface area contributed by atoms with Crippen molar-refractivity contribution in [3.05, 3.63) is 0 Å². The fraction of sp³-hybridized carbons (Fsp3) is 0.800. The molecule has 1 aromatic heterocycles. The lowest BCUT2D eigenvalue weighted by Gasteiger charge is -2.03. The van der Waals surface area contributed by atoms with Gasteiger partial charge in [0.1, 0.15) is 0 Å². The second kappa shape index (κ2) is 6.42. The molecule has 90 valence electrons. The largest absolute Gasteiger partial charge is 0.383 e. The second-order valence-corrected chi connectivity index (χ2v) is 6.34. The lowest BCUT2D eigenvalue weighted by Crippen LogP contribution is -2.06. The smallest absolute Gasteiger partial charge is 0.206 e. The lowest BCUT2D eigenvalue weighted by atomic mass is 10.4. The molecule has 0 saturated heterocycles. The number of hydrogen-bond acceptors (Lipinski definition) is 6. The van der Waals surface area contributed by atoms with E-state index in [4.69, 9.17) is 4.74 Å². The van der Waals surface area contributed by atoms with E-state index in [1.165, 1.54) is 25.7 Å². The van der Waals surface area contributed by atoms with E-state index in [0.717, 1.165) is 21.3 Å². The molecule has 1 N–H and O–H groups in total. The average molecular weight is 259 g/mol. The Morgan fingerprint density at radius 1 is 1.44 bits per heavy atom. The van der Waals surface area contributed by atoms with E-state index >= 15 is 0 Å². The first-order valence-electron chi connectivity index (χ1n) is 5.61. The lowest BCUT2D eigenvalue weighted by molar-refractivity contribution is 0.211. The first-order chi connectivity index (χ1) is 7.88. The molecule has 1 aromatic rings. The fourth-order valence-electron chi connectivity index (χ4n) is 1.74. The predicted octanol–water partition coefficient (Wildman–Crippen LogP) is 2.63. The van der Waals surface area contributed by atoms with Crippen molar-refractivity contribution in [1.29, 1.82) is 0 Å². The third-order valence-corrected chi connectivity index (χ3v) is 4.86. The highest BCUT2D eigenvalue weighted by molar-refractivity contribution is 8.01. The predicted molar refractivity (Wildman–Crippen MR) is 68.4 cm³/mol. The summed E-state index contributed by atoms with van der Waals surface area (Å²) < 4.78 is 6.06. The van der Waals surface area contributed by atoms with Crippen molar-refractivity contribution < 1.29 is 4.74 Å². The minimum atomic E-state index is 0.699. The van der Waals surface area contributed by atoms with Gasteiger partial charge in [-0.05, 0) is 12.8 Å². The highest BCUT2D eigenvalue weighted by Gasteiger charge is 2.18. The molecule has 1 saturated carbocycles. The maximum Gasteiger partial charge on any atom is 0.206 e. The number of thioether (sulfide) groups is 1. The fourth-order valence-corrected chi connectivity index (χ4v) is 4.02. The van der Waals surface area contributed by atoms with E-state index < -0.39 is 0 Å². The van der Waals surface area contributed by atoms with Gasteiger partial charge in [-0.1, -0.05) is 35.9 Å². The molecule has 4 nitrogen and oxygen atoms in total. The molecule has 0 unspecified atom stereocenters. The number of methoxy groups -OCH3 is 1. The molecule has 0 aliphatic heterocycles. The highest BCUT2D eigenvalue weighted by atomic mass is 32.2. The third-order valence-electron chi connectivity index (χ3n) is 2.56. The van der Waals surface area contributed by atoms with Gasteiger partial charge in [-0.2, -0.15) is 0 Å². The van der Waals surface area contributed by atoms with Crippen LogP contribution in [0, 0.1) is 0 Å². The molecule has 1 heterocycles. The Morgan fingerprint density at radius 3 is 3.00 bits per heavy atom. The van der Waals surface area contributed by atoms with Crippen LogP contribution in [0.1, 0.15) is 25.7 Å². The first-order valence-corrected chi connectivity index (χ1v) is 7.31. The number of rotatable bonds is 6. The highest BCUT2D eigenvalue weighted by Crippen LogP contribution is 2.36. The van der Waals surface area contributed by atoms with Crippen LogP contribution < -0.4 is 5.32 Å². The molecule has 2 rings (SSSR count). The summed E-state index contributed by atoms with van der Waals surface area (Å²) in [5, 5.41) is 13.2. The number of anilines is 1. The number of ether oxygens (including phenoxy) is 1. The Labute approximate surface area is 104 Å². The molecule has 0 bridgehead atoms. The quantitative estimate of drug-likeness (QED) is 0.796. The van der Waals surface area contributed by atoms with Gasteiger partial charge in [0.15, 0.2) is 4.34 Å². The van der Waals surface area contributed by atoms with Crippen LogP contribution in [0.2, 0.25) is 0 Å². The summed E-state index contributed by atoms with van der Waals surface area (Å²) >= 11 is 3.53. The first kappa shape index (κ1) is 12.1. The number of nitrogens with zero attached hydrogens (tertiary/aromatic N) is 2. The van der Waals surface area contributed by atoms with Crippen molar-refractivity contribution in [3.8, 4) is 0 Å². The van der Waals surface area contributed by atoms with Gasteiger partial charge >= 0.3 is 0 Å². The van der Waals surface area contributed by atoms with Crippen LogP contribution >= 0.6 is 23.1 Å². The van der Waals surface area contributed by atoms with Crippen LogP contribution in [0.3, 0.4) is 0 Å². The zero-order valence-corrected chi connectivity index (χ0v) is 11.1. The third kappa shape index (κ3) is 3.61. The van der Waals surface area contributed by atoms with Gasteiger partial charge in [-0.25, -0.2) is 0 Å². The standard InChI is InChI=1S/C10H17N3OS2/c1-14-7-6-11-9-12-13-10(16-9)15-8-4-2-3-5-8/h8H,2-7H2,1H3,(H,11,12). The number of nitrogens with one attached hydrogen (secondary N) is 1. The maximum atomic E-state index is 4.97. The van der Waals surface area contributed by atoms with E-state index in [2.05, 4.69) is 15.5 Å². The summed E-state index contributed by atoms with van der Waals surface area (Å²) in [6, 6.07) is 0. The summed E-state index contributed by atoms with van der Waals surface area (Å²) in [4.78, 5) is 0. The Kier molecular flexibility index (Phi) is 4.87. The molecular weight excluding hydrogens is 242 g/mol. The molecular formula is C10H17N3OS2. The maximum absolute atomic E-state index is 4.97. The Hall–Kier alpha value is -0.330. The van der Waals surface area contributed by atoms with Crippen LogP contribution in [-0.2, 0) is 4.74 Å². The van der Waals surface area contributed by atoms with Gasteiger partial charge in [0.25, 0.3) is 0 Å². The summed E-state index contributed by atoms with van der Waals surface area (Å²) in [6.45, 7) is 1.49. The van der Waals surface area contributed by atoms with E-state index in [9.17, 15) is 0 Å². The van der Waals surface area contributed by atoms with Gasteiger partial charge in [0, 0.05) is 18.9 Å².